The Balaban J connectivity index is 1.61. The second-order valence-electron chi connectivity index (χ2n) is 6.85. The lowest BCUT2D eigenvalue weighted by molar-refractivity contribution is 0.169. The zero-order valence-corrected chi connectivity index (χ0v) is 16.6. The molecule has 1 fully saturated rings. The van der Waals surface area contributed by atoms with Gasteiger partial charge in [0.1, 0.15) is 0 Å². The molecule has 1 aliphatic heterocycles. The highest BCUT2D eigenvalue weighted by Crippen LogP contribution is 2.21. The normalized spacial score (nSPS) is 16.9. The van der Waals surface area contributed by atoms with Crippen molar-refractivity contribution in [3.63, 3.8) is 0 Å². The van der Waals surface area contributed by atoms with Crippen LogP contribution in [0.5, 0.6) is 0 Å². The van der Waals surface area contributed by atoms with Crippen molar-refractivity contribution in [3.05, 3.63) is 52.7 Å². The molecular formula is C20H26ClN5O. The Bertz CT molecular complexity index is 770. The molecule has 0 unspecified atom stereocenters. The van der Waals surface area contributed by atoms with Crippen molar-refractivity contribution in [3.8, 4) is 0 Å². The first-order valence-electron chi connectivity index (χ1n) is 9.40. The first-order valence-corrected chi connectivity index (χ1v) is 9.78. The summed E-state index contributed by atoms with van der Waals surface area (Å²) >= 11 is 6.07. The first kappa shape index (κ1) is 19.4. The molecule has 1 aromatic heterocycles. The smallest absolute Gasteiger partial charge is 0.317 e. The minimum atomic E-state index is -0.0314. The molecule has 0 radical (unpaired) electrons. The molecule has 1 N–H and O–H groups in total. The predicted molar refractivity (Wildman–Crippen MR) is 108 cm³/mol. The molecule has 27 heavy (non-hydrogen) atoms. The topological polar surface area (TPSA) is 61.4 Å². The Hall–Kier alpha value is -2.34. The molecule has 2 heterocycles. The van der Waals surface area contributed by atoms with Crippen LogP contribution < -0.4 is 10.2 Å². The number of aryl methyl sites for hydroxylation is 1. The van der Waals surface area contributed by atoms with E-state index in [4.69, 9.17) is 11.6 Å². The minimum absolute atomic E-state index is 0.0314. The van der Waals surface area contributed by atoms with Crippen LogP contribution in [0.1, 0.15) is 30.9 Å². The van der Waals surface area contributed by atoms with Gasteiger partial charge in [0, 0.05) is 37.4 Å². The zero-order valence-electron chi connectivity index (χ0n) is 15.9. The number of aromatic nitrogens is 2. The van der Waals surface area contributed by atoms with Gasteiger partial charge in [-0.2, -0.15) is 5.10 Å². The van der Waals surface area contributed by atoms with E-state index in [-0.39, 0.29) is 12.1 Å². The molecule has 7 heteroatoms. The molecule has 3 rings (SSSR count). The van der Waals surface area contributed by atoms with Gasteiger partial charge in [-0.3, -0.25) is 0 Å². The Morgan fingerprint density at radius 2 is 2.26 bits per heavy atom. The van der Waals surface area contributed by atoms with Crippen molar-refractivity contribution in [2.75, 3.05) is 24.5 Å². The van der Waals surface area contributed by atoms with E-state index in [2.05, 4.69) is 20.4 Å². The van der Waals surface area contributed by atoms with Crippen molar-refractivity contribution >= 4 is 23.4 Å². The number of urea groups is 1. The van der Waals surface area contributed by atoms with Crippen LogP contribution >= 0.6 is 11.6 Å². The Kier molecular flexibility index (Phi) is 6.50. The minimum Gasteiger partial charge on any atom is -0.353 e. The van der Waals surface area contributed by atoms with Crippen LogP contribution in [0, 0.1) is 6.92 Å². The number of carbonyl (C=O) groups excluding carboxylic acids is 1. The molecule has 6 nitrogen and oxygen atoms in total. The first-order chi connectivity index (χ1) is 13.1. The van der Waals surface area contributed by atoms with Crippen LogP contribution in [0.15, 0.2) is 36.5 Å². The lowest BCUT2D eigenvalue weighted by Gasteiger charge is -2.39. The number of halogens is 1. The summed E-state index contributed by atoms with van der Waals surface area (Å²) < 4.78 is 0. The fourth-order valence-electron chi connectivity index (χ4n) is 3.54. The van der Waals surface area contributed by atoms with Crippen molar-refractivity contribution in [2.45, 2.75) is 39.3 Å². The van der Waals surface area contributed by atoms with E-state index in [1.165, 1.54) is 0 Å². The number of anilines is 1. The molecule has 2 amide bonds. The van der Waals surface area contributed by atoms with E-state index in [0.717, 1.165) is 47.9 Å². The van der Waals surface area contributed by atoms with E-state index >= 15 is 0 Å². The monoisotopic (exact) mass is 387 g/mol. The van der Waals surface area contributed by atoms with Crippen LogP contribution in [-0.2, 0) is 6.54 Å². The number of amides is 2. The molecule has 1 aromatic carbocycles. The fraction of sp³-hybridized carbons (Fsp3) is 0.450. The summed E-state index contributed by atoms with van der Waals surface area (Å²) in [5, 5.41) is 12.0. The summed E-state index contributed by atoms with van der Waals surface area (Å²) in [5.41, 5.74) is 2.06. The molecule has 1 aliphatic rings. The Labute approximate surface area is 165 Å². The average molecular weight is 388 g/mol. The van der Waals surface area contributed by atoms with Crippen molar-refractivity contribution in [1.82, 2.24) is 20.4 Å². The van der Waals surface area contributed by atoms with Crippen LogP contribution in [0.2, 0.25) is 5.02 Å². The molecule has 2 aromatic rings. The van der Waals surface area contributed by atoms with E-state index in [1.54, 1.807) is 6.20 Å². The summed E-state index contributed by atoms with van der Waals surface area (Å²) in [7, 11) is 0. The van der Waals surface area contributed by atoms with Gasteiger partial charge in [-0.25, -0.2) is 4.79 Å². The van der Waals surface area contributed by atoms with Gasteiger partial charge >= 0.3 is 6.03 Å². The molecule has 0 spiro atoms. The molecule has 0 aliphatic carbocycles. The molecule has 0 bridgehead atoms. The third-order valence-electron chi connectivity index (χ3n) is 4.99. The van der Waals surface area contributed by atoms with Gasteiger partial charge in [0.05, 0.1) is 6.04 Å². The Morgan fingerprint density at radius 3 is 2.96 bits per heavy atom. The van der Waals surface area contributed by atoms with Crippen LogP contribution in [-0.4, -0.2) is 46.8 Å². The molecule has 0 saturated carbocycles. The number of benzene rings is 1. The number of nitrogens with one attached hydrogen (secondary N) is 1. The third-order valence-corrected chi connectivity index (χ3v) is 5.41. The maximum absolute atomic E-state index is 12.8. The average Bonchev–Trinajstić information content (AvgIpc) is 2.70. The summed E-state index contributed by atoms with van der Waals surface area (Å²) in [6, 6.07) is 9.82. The zero-order chi connectivity index (χ0) is 19.2. The second-order valence-corrected chi connectivity index (χ2v) is 7.26. The van der Waals surface area contributed by atoms with E-state index in [1.807, 2.05) is 49.1 Å². The SMILES string of the molecule is CCN(C(=O)NCc1ccc(Cl)c(C)c1)[C@@H]1CCCN(c2cccnn2)C1. The second kappa shape index (κ2) is 9.04. The van der Waals surface area contributed by atoms with Crippen molar-refractivity contribution < 1.29 is 4.79 Å². The number of likely N-dealkylation sites (N-methyl/N-ethyl adjacent to an activating group) is 1. The molecule has 1 saturated heterocycles. The van der Waals surface area contributed by atoms with Gasteiger partial charge in [0.2, 0.25) is 0 Å². The van der Waals surface area contributed by atoms with Crippen LogP contribution in [0.4, 0.5) is 10.6 Å². The number of nitrogens with zero attached hydrogens (tertiary/aromatic N) is 4. The van der Waals surface area contributed by atoms with Crippen LogP contribution in [0.3, 0.4) is 0 Å². The largest absolute Gasteiger partial charge is 0.353 e. The number of hydrogen-bond donors (Lipinski definition) is 1. The fourth-order valence-corrected chi connectivity index (χ4v) is 3.66. The highest BCUT2D eigenvalue weighted by molar-refractivity contribution is 6.31. The van der Waals surface area contributed by atoms with Gasteiger partial charge in [-0.1, -0.05) is 23.7 Å². The summed E-state index contributed by atoms with van der Waals surface area (Å²) in [6.45, 7) is 6.87. The summed E-state index contributed by atoms with van der Waals surface area (Å²) in [4.78, 5) is 16.9. The number of carbonyl (C=O) groups is 1. The summed E-state index contributed by atoms with van der Waals surface area (Å²) in [6.07, 6.45) is 3.70. The highest BCUT2D eigenvalue weighted by atomic mass is 35.5. The standard InChI is InChI=1S/C20H26ClN5O/c1-3-26(20(27)22-13-16-8-9-18(21)15(2)12-16)17-6-5-11-25(14-17)19-7-4-10-23-24-19/h4,7-10,12,17H,3,5-6,11,13-14H2,1-2H3,(H,22,27)/t17-/m1/s1. The summed E-state index contributed by atoms with van der Waals surface area (Å²) in [5.74, 6) is 0.871. The number of hydrogen-bond acceptors (Lipinski definition) is 4. The van der Waals surface area contributed by atoms with E-state index in [9.17, 15) is 4.79 Å². The predicted octanol–water partition coefficient (Wildman–Crippen LogP) is 3.64. The highest BCUT2D eigenvalue weighted by Gasteiger charge is 2.28. The van der Waals surface area contributed by atoms with Gasteiger partial charge in [-0.05, 0) is 56.0 Å². The Morgan fingerprint density at radius 1 is 1.41 bits per heavy atom. The lowest BCUT2D eigenvalue weighted by Crippen LogP contribution is -2.53. The molecule has 1 atom stereocenters. The number of piperidine rings is 1. The maximum atomic E-state index is 12.8. The van der Waals surface area contributed by atoms with Gasteiger partial charge < -0.3 is 15.1 Å². The van der Waals surface area contributed by atoms with Crippen molar-refractivity contribution in [1.29, 1.82) is 0 Å². The maximum Gasteiger partial charge on any atom is 0.317 e. The quantitative estimate of drug-likeness (QED) is 0.850. The van der Waals surface area contributed by atoms with E-state index < -0.39 is 0 Å². The van der Waals surface area contributed by atoms with Crippen molar-refractivity contribution in [2.24, 2.45) is 0 Å². The number of rotatable bonds is 5. The van der Waals surface area contributed by atoms with Gasteiger partial charge in [-0.15, -0.1) is 5.10 Å². The molecule has 144 valence electrons. The molecular weight excluding hydrogens is 362 g/mol. The van der Waals surface area contributed by atoms with Crippen LogP contribution in [0.25, 0.3) is 0 Å². The van der Waals surface area contributed by atoms with Gasteiger partial charge in [0.15, 0.2) is 5.82 Å². The third kappa shape index (κ3) is 4.89. The lowest BCUT2D eigenvalue weighted by atomic mass is 10.0. The van der Waals surface area contributed by atoms with E-state index in [0.29, 0.717) is 13.1 Å². The van der Waals surface area contributed by atoms with Gasteiger partial charge in [0.25, 0.3) is 0 Å².